The molecule has 0 spiro atoms. The van der Waals surface area contributed by atoms with Crippen LogP contribution in [0.5, 0.6) is 0 Å². The van der Waals surface area contributed by atoms with Crippen molar-refractivity contribution < 1.29 is 19.1 Å². The maximum Gasteiger partial charge on any atom is 0.253 e. The van der Waals surface area contributed by atoms with Crippen molar-refractivity contribution in [3.63, 3.8) is 0 Å². The number of nitrogens with zero attached hydrogens (tertiary/aromatic N) is 2. The normalized spacial score (nSPS) is 20.7. The lowest BCUT2D eigenvalue weighted by Crippen LogP contribution is -2.41. The number of pyridine rings is 1. The number of hydrogen-bond donors (Lipinski definition) is 2. The highest BCUT2D eigenvalue weighted by Gasteiger charge is 2.32. The second-order valence-electron chi connectivity index (χ2n) is 6.27. The summed E-state index contributed by atoms with van der Waals surface area (Å²) in [6, 6.07) is 1.72. The average molecular weight is 332 g/mol. The van der Waals surface area contributed by atoms with E-state index in [9.17, 15) is 9.59 Å². The number of nitrogens with one attached hydrogen (secondary N) is 2. The van der Waals surface area contributed by atoms with Crippen LogP contribution >= 0.6 is 0 Å². The van der Waals surface area contributed by atoms with E-state index in [0.717, 1.165) is 12.8 Å². The van der Waals surface area contributed by atoms with Gasteiger partial charge in [0.05, 0.1) is 37.6 Å². The Labute approximate surface area is 139 Å². The molecule has 0 atom stereocenters. The van der Waals surface area contributed by atoms with Gasteiger partial charge >= 0.3 is 0 Å². The molecular weight excluding hydrogens is 312 g/mol. The van der Waals surface area contributed by atoms with Crippen LogP contribution in [0.15, 0.2) is 12.3 Å². The topological polar surface area (TPSA) is 92.8 Å². The van der Waals surface area contributed by atoms with Crippen LogP contribution in [0.3, 0.4) is 0 Å². The fraction of sp³-hybridized carbons (Fsp3) is 0.562. The third kappa shape index (κ3) is 3.20. The van der Waals surface area contributed by atoms with E-state index < -0.39 is 6.29 Å². The van der Waals surface area contributed by atoms with Gasteiger partial charge in [-0.25, -0.2) is 4.98 Å². The number of carbonyl (C=O) groups excluding carboxylic acids is 2. The van der Waals surface area contributed by atoms with Crippen LogP contribution in [-0.2, 0) is 14.3 Å². The predicted molar refractivity (Wildman–Crippen MR) is 85.8 cm³/mol. The van der Waals surface area contributed by atoms with Crippen LogP contribution in [0.1, 0.15) is 23.2 Å². The molecule has 2 fully saturated rings. The van der Waals surface area contributed by atoms with E-state index >= 15 is 0 Å². The van der Waals surface area contributed by atoms with Gasteiger partial charge in [0.15, 0.2) is 6.29 Å². The highest BCUT2D eigenvalue weighted by molar-refractivity contribution is 6.04. The lowest BCUT2D eigenvalue weighted by atomic mass is 10.2. The van der Waals surface area contributed by atoms with Crippen LogP contribution in [0.4, 0.5) is 11.5 Å². The van der Waals surface area contributed by atoms with E-state index in [-0.39, 0.29) is 18.4 Å². The first-order chi connectivity index (χ1) is 11.7. The van der Waals surface area contributed by atoms with Gasteiger partial charge in [-0.2, -0.15) is 0 Å². The molecule has 3 aliphatic rings. The molecule has 0 radical (unpaired) electrons. The second kappa shape index (κ2) is 6.37. The van der Waals surface area contributed by atoms with Crippen LogP contribution < -0.4 is 15.5 Å². The van der Waals surface area contributed by atoms with Crippen molar-refractivity contribution in [3.8, 4) is 0 Å². The Morgan fingerprint density at radius 1 is 1.38 bits per heavy atom. The molecule has 128 valence electrons. The lowest BCUT2D eigenvalue weighted by molar-refractivity contribution is -0.117. The summed E-state index contributed by atoms with van der Waals surface area (Å²) >= 11 is 0. The molecule has 0 unspecified atom stereocenters. The molecule has 1 saturated carbocycles. The summed E-state index contributed by atoms with van der Waals surface area (Å²) in [7, 11) is 0. The molecule has 1 aliphatic carbocycles. The van der Waals surface area contributed by atoms with Gasteiger partial charge in [0.25, 0.3) is 5.91 Å². The molecular formula is C16H20N4O4. The van der Waals surface area contributed by atoms with E-state index in [0.29, 0.717) is 49.3 Å². The van der Waals surface area contributed by atoms with Crippen molar-refractivity contribution in [3.05, 3.63) is 17.8 Å². The van der Waals surface area contributed by atoms with E-state index in [2.05, 4.69) is 15.6 Å². The van der Waals surface area contributed by atoms with Gasteiger partial charge in [0.2, 0.25) is 5.91 Å². The summed E-state index contributed by atoms with van der Waals surface area (Å²) in [4.78, 5) is 30.6. The Kier molecular flexibility index (Phi) is 4.07. The van der Waals surface area contributed by atoms with E-state index in [1.165, 1.54) is 6.20 Å². The van der Waals surface area contributed by atoms with Crippen molar-refractivity contribution in [2.45, 2.75) is 19.1 Å². The summed E-state index contributed by atoms with van der Waals surface area (Å²) in [5.74, 6) is 0.971. The smallest absolute Gasteiger partial charge is 0.253 e. The minimum absolute atomic E-state index is 0.0153. The number of ether oxygens (including phenoxy) is 2. The molecule has 2 aliphatic heterocycles. The quantitative estimate of drug-likeness (QED) is 0.808. The highest BCUT2D eigenvalue weighted by Crippen LogP contribution is 2.35. The number of hydrogen-bond acceptors (Lipinski definition) is 6. The first kappa shape index (κ1) is 15.3. The zero-order valence-corrected chi connectivity index (χ0v) is 13.3. The minimum atomic E-state index is -0.394. The largest absolute Gasteiger partial charge is 0.359 e. The zero-order chi connectivity index (χ0) is 16.5. The summed E-state index contributed by atoms with van der Waals surface area (Å²) in [5.41, 5.74) is 1.10. The molecule has 3 heterocycles. The van der Waals surface area contributed by atoms with Crippen molar-refractivity contribution in [2.24, 2.45) is 5.92 Å². The maximum atomic E-state index is 12.3. The third-order valence-electron chi connectivity index (χ3n) is 4.39. The van der Waals surface area contributed by atoms with Crippen LogP contribution in [0.25, 0.3) is 0 Å². The molecule has 2 N–H and O–H groups in total. The van der Waals surface area contributed by atoms with E-state index in [1.807, 2.05) is 0 Å². The van der Waals surface area contributed by atoms with Crippen molar-refractivity contribution in [2.75, 3.05) is 43.1 Å². The summed E-state index contributed by atoms with van der Waals surface area (Å²) in [6.45, 7) is 2.33. The molecule has 8 heteroatoms. The SMILES string of the molecule is O=C(NCC1OCCO1)c1cnc2c(c1)N(CC1CC1)C(=O)CN2. The van der Waals surface area contributed by atoms with Crippen LogP contribution in [0, 0.1) is 5.92 Å². The molecule has 0 aromatic carbocycles. The Morgan fingerprint density at radius 3 is 2.92 bits per heavy atom. The highest BCUT2D eigenvalue weighted by atomic mass is 16.7. The van der Waals surface area contributed by atoms with Gasteiger partial charge in [-0.05, 0) is 24.8 Å². The number of carbonyl (C=O) groups is 2. The molecule has 4 rings (SSSR count). The fourth-order valence-electron chi connectivity index (χ4n) is 2.87. The third-order valence-corrected chi connectivity index (χ3v) is 4.39. The van der Waals surface area contributed by atoms with E-state index in [1.54, 1.807) is 11.0 Å². The summed E-state index contributed by atoms with van der Waals surface area (Å²) in [5, 5.41) is 5.78. The minimum Gasteiger partial charge on any atom is -0.359 e. The Hall–Kier alpha value is -2.19. The van der Waals surface area contributed by atoms with Crippen molar-refractivity contribution in [1.29, 1.82) is 0 Å². The van der Waals surface area contributed by atoms with Crippen LogP contribution in [0.2, 0.25) is 0 Å². The standard InChI is InChI=1S/C16H20N4O4/c21-13-7-18-15-12(20(13)9-10-1-2-10)5-11(6-17-15)16(22)19-8-14-23-3-4-24-14/h5-6,10,14H,1-4,7-9H2,(H,17,18)(H,19,22). The van der Waals surface area contributed by atoms with Gasteiger partial charge in [-0.3, -0.25) is 9.59 Å². The van der Waals surface area contributed by atoms with Gasteiger partial charge in [0.1, 0.15) is 5.82 Å². The zero-order valence-electron chi connectivity index (χ0n) is 13.3. The first-order valence-corrected chi connectivity index (χ1v) is 8.26. The Bertz CT molecular complexity index is 655. The van der Waals surface area contributed by atoms with Crippen molar-refractivity contribution >= 4 is 23.3 Å². The number of amides is 2. The molecule has 1 aromatic rings. The lowest BCUT2D eigenvalue weighted by Gasteiger charge is -2.29. The number of fused-ring (bicyclic) bond motifs is 1. The number of anilines is 2. The molecule has 24 heavy (non-hydrogen) atoms. The monoisotopic (exact) mass is 332 g/mol. The first-order valence-electron chi connectivity index (χ1n) is 8.26. The average Bonchev–Trinajstić information content (AvgIpc) is 3.26. The summed E-state index contributed by atoms with van der Waals surface area (Å²) in [6.07, 6.45) is 3.43. The van der Waals surface area contributed by atoms with Gasteiger partial charge < -0.3 is 25.0 Å². The number of aromatic nitrogens is 1. The van der Waals surface area contributed by atoms with Gasteiger partial charge in [0, 0.05) is 12.7 Å². The second-order valence-corrected chi connectivity index (χ2v) is 6.27. The van der Waals surface area contributed by atoms with Crippen LogP contribution in [-0.4, -0.2) is 55.9 Å². The predicted octanol–water partition coefficient (Wildman–Crippen LogP) is 0.353. The van der Waals surface area contributed by atoms with Gasteiger partial charge in [-0.1, -0.05) is 0 Å². The Balaban J connectivity index is 1.49. The van der Waals surface area contributed by atoms with Crippen molar-refractivity contribution in [1.82, 2.24) is 10.3 Å². The maximum absolute atomic E-state index is 12.3. The number of rotatable bonds is 5. The van der Waals surface area contributed by atoms with Gasteiger partial charge in [-0.15, -0.1) is 0 Å². The molecule has 2 amide bonds. The fourth-order valence-corrected chi connectivity index (χ4v) is 2.87. The summed E-state index contributed by atoms with van der Waals surface area (Å²) < 4.78 is 10.6. The molecule has 8 nitrogen and oxygen atoms in total. The molecule has 1 aromatic heterocycles. The van der Waals surface area contributed by atoms with E-state index in [4.69, 9.17) is 9.47 Å². The molecule has 1 saturated heterocycles. The Morgan fingerprint density at radius 2 is 2.17 bits per heavy atom. The molecule has 0 bridgehead atoms.